The van der Waals surface area contributed by atoms with E-state index in [0.717, 1.165) is 35.5 Å². The number of nitrogens with zero attached hydrogens (tertiary/aromatic N) is 1. The number of anilines is 2. The Morgan fingerprint density at radius 2 is 1.37 bits per heavy atom. The maximum Gasteiger partial charge on any atom is 0.0900 e. The molecule has 0 N–H and O–H groups in total. The number of benzene rings is 4. The van der Waals surface area contributed by atoms with Crippen molar-refractivity contribution in [1.29, 1.82) is 0 Å². The van der Waals surface area contributed by atoms with Gasteiger partial charge < -0.3 is 4.90 Å². The van der Waals surface area contributed by atoms with Crippen LogP contribution in [-0.4, -0.2) is 0 Å². The van der Waals surface area contributed by atoms with E-state index in [1.54, 1.807) is 0 Å². The van der Waals surface area contributed by atoms with Crippen LogP contribution < -0.4 is 4.90 Å². The van der Waals surface area contributed by atoms with Gasteiger partial charge in [-0.05, 0) is 123 Å². The third-order valence-corrected chi connectivity index (χ3v) is 12.9. The predicted molar refractivity (Wildman–Crippen MR) is 245 cm³/mol. The highest BCUT2D eigenvalue weighted by molar-refractivity contribution is 5.94. The Hall–Kier alpha value is -5.84. The van der Waals surface area contributed by atoms with Crippen LogP contribution in [-0.2, 0) is 10.8 Å². The topological polar surface area (TPSA) is 3.24 Å². The summed E-state index contributed by atoms with van der Waals surface area (Å²) in [5.74, 6) is 0. The van der Waals surface area contributed by atoms with Crippen LogP contribution >= 0.6 is 0 Å². The van der Waals surface area contributed by atoms with Crippen molar-refractivity contribution in [2.24, 2.45) is 5.41 Å². The molecule has 4 aromatic carbocycles. The van der Waals surface area contributed by atoms with Crippen LogP contribution in [0.1, 0.15) is 103 Å². The fourth-order valence-electron chi connectivity index (χ4n) is 9.66. The first-order chi connectivity index (χ1) is 27.4. The van der Waals surface area contributed by atoms with Crippen LogP contribution in [0, 0.1) is 5.41 Å². The summed E-state index contributed by atoms with van der Waals surface area (Å²) in [7, 11) is 0. The second-order valence-electron chi connectivity index (χ2n) is 17.3. The lowest BCUT2D eigenvalue weighted by Crippen LogP contribution is -2.19. The molecule has 1 heteroatoms. The summed E-state index contributed by atoms with van der Waals surface area (Å²) < 4.78 is 0. The fourth-order valence-corrected chi connectivity index (χ4v) is 9.66. The average molecular weight is 742 g/mol. The molecule has 0 heterocycles. The molecule has 57 heavy (non-hydrogen) atoms. The van der Waals surface area contributed by atoms with E-state index in [4.69, 9.17) is 0 Å². The van der Waals surface area contributed by atoms with Crippen molar-refractivity contribution >= 4 is 22.5 Å². The van der Waals surface area contributed by atoms with E-state index in [-0.39, 0.29) is 16.2 Å². The molecule has 0 saturated carbocycles. The van der Waals surface area contributed by atoms with Gasteiger partial charge in [-0.25, -0.2) is 0 Å². The van der Waals surface area contributed by atoms with E-state index >= 15 is 0 Å². The van der Waals surface area contributed by atoms with Gasteiger partial charge in [-0.2, -0.15) is 0 Å². The van der Waals surface area contributed by atoms with E-state index < -0.39 is 0 Å². The summed E-state index contributed by atoms with van der Waals surface area (Å²) >= 11 is 0. The van der Waals surface area contributed by atoms with Crippen molar-refractivity contribution in [3.63, 3.8) is 0 Å². The lowest BCUT2D eigenvalue weighted by atomic mass is 9.73. The maximum absolute atomic E-state index is 4.45. The molecule has 1 nitrogen and oxygen atoms in total. The molecular formula is C56H55N. The molecule has 0 aliphatic heterocycles. The molecule has 5 aliphatic carbocycles. The standard InChI is InChI=1S/C54H49N.C2H6/c1-35-17-9-12-20-42(36(2)49(31-35)52(3,4)38-18-10-11-19-38)37-25-27-39(28-26-37)55(41-32-46-44-22-14-16-24-48(44)54(7,8)51(46)34-41)40-29-30-45-43-21-13-15-23-47(43)53(5,6)50(45)33-40;1-2/h10-16,18,20-31,33-34H,1,9,17H2,2-8H3;1-2H3/b20-12?,42-36+,49-31+;. The van der Waals surface area contributed by atoms with Crippen molar-refractivity contribution < 1.29 is 0 Å². The van der Waals surface area contributed by atoms with Gasteiger partial charge in [-0.3, -0.25) is 0 Å². The first kappa shape index (κ1) is 38.1. The zero-order valence-corrected chi connectivity index (χ0v) is 35.3. The van der Waals surface area contributed by atoms with Crippen LogP contribution in [0.4, 0.5) is 11.4 Å². The fraction of sp³-hybridized carbons (Fsp3) is 0.250. The summed E-state index contributed by atoms with van der Waals surface area (Å²) in [5.41, 5.74) is 28.3. The van der Waals surface area contributed by atoms with Crippen molar-refractivity contribution in [2.75, 3.05) is 4.90 Å². The minimum Gasteiger partial charge on any atom is -0.304 e. The molecule has 0 unspecified atom stereocenters. The highest BCUT2D eigenvalue weighted by atomic mass is 15.1. The summed E-state index contributed by atoms with van der Waals surface area (Å²) in [6.07, 6.45) is 17.6. The van der Waals surface area contributed by atoms with Crippen LogP contribution in [0.3, 0.4) is 0 Å². The predicted octanol–water partition coefficient (Wildman–Crippen LogP) is 15.2. The molecule has 0 radical (unpaired) electrons. The van der Waals surface area contributed by atoms with Crippen LogP contribution in [0.2, 0.25) is 0 Å². The molecule has 0 aromatic heterocycles. The Kier molecular flexibility index (Phi) is 9.53. The van der Waals surface area contributed by atoms with Crippen molar-refractivity contribution in [1.82, 2.24) is 0 Å². The highest BCUT2D eigenvalue weighted by Gasteiger charge is 2.41. The molecule has 4 aromatic rings. The van der Waals surface area contributed by atoms with E-state index in [2.05, 4.69) is 199 Å². The molecule has 0 spiro atoms. The van der Waals surface area contributed by atoms with Crippen molar-refractivity contribution in [2.45, 2.75) is 86.0 Å². The maximum atomic E-state index is 4.45. The third-order valence-electron chi connectivity index (χ3n) is 12.9. The number of rotatable bonds is 6. The van der Waals surface area contributed by atoms with Crippen molar-refractivity contribution in [3.8, 4) is 11.1 Å². The minimum atomic E-state index is -0.224. The van der Waals surface area contributed by atoms with Crippen LogP contribution in [0.5, 0.6) is 0 Å². The Labute approximate surface area is 341 Å². The summed E-state index contributed by atoms with van der Waals surface area (Å²) in [5, 5.41) is 0. The zero-order valence-electron chi connectivity index (χ0n) is 35.3. The van der Waals surface area contributed by atoms with Gasteiger partial charge in [0, 0.05) is 38.8 Å². The largest absolute Gasteiger partial charge is 0.304 e. The van der Waals surface area contributed by atoms with Gasteiger partial charge >= 0.3 is 0 Å². The van der Waals surface area contributed by atoms with E-state index in [1.165, 1.54) is 72.4 Å². The first-order valence-electron chi connectivity index (χ1n) is 20.8. The van der Waals surface area contributed by atoms with Gasteiger partial charge in [0.25, 0.3) is 0 Å². The SMILES string of the molecule is C=C1/C=C(C(C)(C)C2=C=CC=C2)\C(C)=C(\c2ccc(N(C3=C=C4C(=C3)C(C)(C)c3ccccc34)c3ccc4c(c3)C(C)(C)c3ccccc3-4)cc2)C=CCC1.CC. The molecule has 284 valence electrons. The first-order valence-corrected chi connectivity index (χ1v) is 20.8. The smallest absolute Gasteiger partial charge is 0.0900 e. The van der Waals surface area contributed by atoms with Crippen LogP contribution in [0.25, 0.3) is 22.3 Å². The van der Waals surface area contributed by atoms with E-state index in [1.807, 2.05) is 19.9 Å². The van der Waals surface area contributed by atoms with E-state index in [9.17, 15) is 0 Å². The minimum absolute atomic E-state index is 0.102. The summed E-state index contributed by atoms with van der Waals surface area (Å²) in [6, 6.07) is 34.0. The van der Waals surface area contributed by atoms with Gasteiger partial charge in [0.1, 0.15) is 0 Å². The molecule has 0 saturated heterocycles. The van der Waals surface area contributed by atoms with Gasteiger partial charge in [0.05, 0.1) is 5.70 Å². The molecule has 0 fully saturated rings. The molecular weight excluding hydrogens is 687 g/mol. The highest BCUT2D eigenvalue weighted by Crippen LogP contribution is 2.54. The Balaban J connectivity index is 0.00000224. The number of fused-ring (bicyclic) bond motifs is 6. The van der Waals surface area contributed by atoms with Crippen LogP contribution in [0.15, 0.2) is 185 Å². The molecule has 9 rings (SSSR count). The van der Waals surface area contributed by atoms with Gasteiger partial charge in [-0.15, -0.1) is 5.73 Å². The van der Waals surface area contributed by atoms with Crippen molar-refractivity contribution in [3.05, 3.63) is 213 Å². The monoisotopic (exact) mass is 741 g/mol. The quantitative estimate of drug-likeness (QED) is 0.178. The molecule has 0 atom stereocenters. The average Bonchev–Trinajstić information content (AvgIpc) is 4.01. The Bertz CT molecular complexity index is 2640. The van der Waals surface area contributed by atoms with Gasteiger partial charge in [-0.1, -0.05) is 164 Å². The summed E-state index contributed by atoms with van der Waals surface area (Å²) in [6.45, 7) is 24.8. The normalized spacial score (nSPS) is 20.3. The number of allylic oxidation sites excluding steroid dienone is 12. The second kappa shape index (κ2) is 14.3. The van der Waals surface area contributed by atoms with E-state index in [0.29, 0.717) is 0 Å². The lowest BCUT2D eigenvalue weighted by Gasteiger charge is -2.31. The third kappa shape index (κ3) is 6.18. The number of hydrogen-bond acceptors (Lipinski definition) is 1. The Morgan fingerprint density at radius 1 is 0.719 bits per heavy atom. The van der Waals surface area contributed by atoms with Gasteiger partial charge in [0.15, 0.2) is 0 Å². The second-order valence-corrected chi connectivity index (χ2v) is 17.3. The lowest BCUT2D eigenvalue weighted by molar-refractivity contribution is 0.560. The summed E-state index contributed by atoms with van der Waals surface area (Å²) in [4.78, 5) is 2.42. The molecule has 0 amide bonds. The van der Waals surface area contributed by atoms with Gasteiger partial charge in [0.2, 0.25) is 0 Å². The molecule has 5 aliphatic rings. The Morgan fingerprint density at radius 3 is 2.07 bits per heavy atom. The number of hydrogen-bond donors (Lipinski definition) is 0. The zero-order chi connectivity index (χ0) is 40.3. The molecule has 0 bridgehead atoms.